The summed E-state index contributed by atoms with van der Waals surface area (Å²) < 4.78 is 40.6. The molecule has 1 unspecified atom stereocenters. The number of aliphatic imine (C=N–C) groups is 1. The minimum absolute atomic E-state index is 0.112. The molecule has 1 aliphatic rings. The van der Waals surface area contributed by atoms with Gasteiger partial charge in [-0.05, 0) is 37.1 Å². The molecule has 0 saturated carbocycles. The van der Waals surface area contributed by atoms with E-state index in [-0.39, 0.29) is 10.8 Å². The van der Waals surface area contributed by atoms with Crippen molar-refractivity contribution in [3.63, 3.8) is 0 Å². The second kappa shape index (κ2) is 7.01. The minimum Gasteiger partial charge on any atom is -0.269 e. The van der Waals surface area contributed by atoms with E-state index in [1.54, 1.807) is 13.0 Å². The Labute approximate surface area is 141 Å². The summed E-state index contributed by atoms with van der Waals surface area (Å²) in [6.45, 7) is 5.86. The van der Waals surface area contributed by atoms with Gasteiger partial charge in [-0.2, -0.15) is 0 Å². The van der Waals surface area contributed by atoms with Crippen LogP contribution in [0.3, 0.4) is 0 Å². The largest absolute Gasteiger partial charge is 0.269 e. The molecule has 0 radical (unpaired) electrons. The lowest BCUT2D eigenvalue weighted by Crippen LogP contribution is -2.37. The lowest BCUT2D eigenvalue weighted by Gasteiger charge is -2.29. The first kappa shape index (κ1) is 17.9. The fraction of sp³-hybridized carbons (Fsp3) is 0.438. The third kappa shape index (κ3) is 4.12. The zero-order valence-electron chi connectivity index (χ0n) is 13.3. The van der Waals surface area contributed by atoms with E-state index in [9.17, 15) is 12.8 Å². The minimum atomic E-state index is -3.75. The number of nitrogens with zero attached hydrogens (tertiary/aromatic N) is 2. The van der Waals surface area contributed by atoms with E-state index < -0.39 is 21.9 Å². The summed E-state index contributed by atoms with van der Waals surface area (Å²) in [6.07, 6.45) is 1.91. The Balaban J connectivity index is 2.44. The highest BCUT2D eigenvalue weighted by Crippen LogP contribution is 2.29. The second-order valence-electron chi connectivity index (χ2n) is 5.90. The molecule has 1 aromatic rings. The number of halogens is 2. The molecule has 0 saturated heterocycles. The predicted molar refractivity (Wildman–Crippen MR) is 93.0 cm³/mol. The highest BCUT2D eigenvalue weighted by Gasteiger charge is 2.32. The Morgan fingerprint density at radius 3 is 2.48 bits per heavy atom. The number of benzene rings is 1. The monoisotopic (exact) mass is 358 g/mol. The van der Waals surface area contributed by atoms with Gasteiger partial charge < -0.3 is 0 Å². The van der Waals surface area contributed by atoms with Crippen LogP contribution in [0.4, 0.5) is 10.1 Å². The summed E-state index contributed by atoms with van der Waals surface area (Å²) in [5.41, 5.74) is 0.439. The lowest BCUT2D eigenvalue weighted by molar-refractivity contribution is 0.579. The predicted octanol–water partition coefficient (Wildman–Crippen LogP) is 3.93. The van der Waals surface area contributed by atoms with Gasteiger partial charge in [-0.1, -0.05) is 31.5 Å². The van der Waals surface area contributed by atoms with Crippen LogP contribution in [-0.2, 0) is 10.0 Å². The van der Waals surface area contributed by atoms with Gasteiger partial charge in [0.15, 0.2) is 0 Å². The quantitative estimate of drug-likeness (QED) is 0.800. The van der Waals surface area contributed by atoms with Crippen LogP contribution in [0.1, 0.15) is 27.2 Å². The smallest absolute Gasteiger partial charge is 0.262 e. The van der Waals surface area contributed by atoms with Crippen LogP contribution in [0.25, 0.3) is 0 Å². The molecule has 0 amide bonds. The van der Waals surface area contributed by atoms with Crippen molar-refractivity contribution in [2.75, 3.05) is 10.8 Å². The van der Waals surface area contributed by atoms with Crippen molar-refractivity contribution in [1.82, 2.24) is 0 Å². The number of rotatable bonds is 5. The Morgan fingerprint density at radius 2 is 1.96 bits per heavy atom. The first-order chi connectivity index (χ1) is 10.7. The molecule has 0 aromatic heterocycles. The molecule has 0 fully saturated rings. The summed E-state index contributed by atoms with van der Waals surface area (Å²) in [6, 6.07) is 4.92. The summed E-state index contributed by atoms with van der Waals surface area (Å²) in [4.78, 5) is 4.38. The fourth-order valence-electron chi connectivity index (χ4n) is 2.41. The highest BCUT2D eigenvalue weighted by atomic mass is 35.5. The van der Waals surface area contributed by atoms with Gasteiger partial charge in [0.2, 0.25) is 0 Å². The van der Waals surface area contributed by atoms with Gasteiger partial charge in [0, 0.05) is 13.0 Å². The molecular formula is C16H20ClFN2O2S. The summed E-state index contributed by atoms with van der Waals surface area (Å²) >= 11 is 5.88. The molecule has 1 aliphatic heterocycles. The van der Waals surface area contributed by atoms with E-state index >= 15 is 0 Å². The molecule has 0 aliphatic carbocycles. The average Bonchev–Trinajstić information content (AvgIpc) is 2.45. The van der Waals surface area contributed by atoms with E-state index in [0.717, 1.165) is 0 Å². The van der Waals surface area contributed by atoms with Crippen LogP contribution in [0.15, 0.2) is 40.2 Å². The van der Waals surface area contributed by atoms with Gasteiger partial charge in [-0.15, -0.1) is 0 Å². The SMILES string of the molecule is CC(C)CN(c1ccc(F)cc1)S(=O)(=O)C1=CCC(Cl)=NC1C. The number of hydrogen-bond donors (Lipinski definition) is 0. The Bertz CT molecular complexity index is 727. The number of dihydropyridines is 1. The summed E-state index contributed by atoms with van der Waals surface area (Å²) in [7, 11) is -3.75. The third-order valence-electron chi connectivity index (χ3n) is 3.45. The van der Waals surface area contributed by atoms with Crippen LogP contribution < -0.4 is 4.31 Å². The van der Waals surface area contributed by atoms with E-state index in [0.29, 0.717) is 23.8 Å². The normalized spacial score (nSPS) is 18.6. The molecular weight excluding hydrogens is 339 g/mol. The number of hydrogen-bond acceptors (Lipinski definition) is 3. The third-order valence-corrected chi connectivity index (χ3v) is 5.75. The van der Waals surface area contributed by atoms with Crippen molar-refractivity contribution >= 4 is 32.5 Å². The van der Waals surface area contributed by atoms with Crippen molar-refractivity contribution in [2.45, 2.75) is 33.2 Å². The van der Waals surface area contributed by atoms with Crippen molar-refractivity contribution in [2.24, 2.45) is 10.9 Å². The Morgan fingerprint density at radius 1 is 1.35 bits per heavy atom. The van der Waals surface area contributed by atoms with Crippen LogP contribution in [0.2, 0.25) is 0 Å². The molecule has 1 aromatic carbocycles. The van der Waals surface area contributed by atoms with Gasteiger partial charge in [-0.3, -0.25) is 9.30 Å². The molecule has 126 valence electrons. The Kier molecular flexibility index (Phi) is 5.47. The molecule has 7 heteroatoms. The van der Waals surface area contributed by atoms with Crippen LogP contribution >= 0.6 is 11.6 Å². The maximum absolute atomic E-state index is 13.2. The maximum atomic E-state index is 13.2. The maximum Gasteiger partial charge on any atom is 0.262 e. The van der Waals surface area contributed by atoms with Crippen molar-refractivity contribution in [3.8, 4) is 0 Å². The molecule has 0 spiro atoms. The molecule has 1 atom stereocenters. The Hall–Kier alpha value is -1.40. The fourth-order valence-corrected chi connectivity index (χ4v) is 4.56. The van der Waals surface area contributed by atoms with E-state index in [2.05, 4.69) is 4.99 Å². The lowest BCUT2D eigenvalue weighted by atomic mass is 10.2. The first-order valence-electron chi connectivity index (χ1n) is 7.42. The average molecular weight is 359 g/mol. The van der Waals surface area contributed by atoms with Gasteiger partial charge in [0.25, 0.3) is 10.0 Å². The molecule has 23 heavy (non-hydrogen) atoms. The summed E-state index contributed by atoms with van der Waals surface area (Å²) in [5.74, 6) is -0.293. The number of sulfonamides is 1. The van der Waals surface area contributed by atoms with E-state index in [1.807, 2.05) is 13.8 Å². The molecule has 0 bridgehead atoms. The number of allylic oxidation sites excluding steroid dienone is 1. The van der Waals surface area contributed by atoms with E-state index in [4.69, 9.17) is 11.6 Å². The zero-order chi connectivity index (χ0) is 17.2. The molecule has 4 nitrogen and oxygen atoms in total. The van der Waals surface area contributed by atoms with Gasteiger partial charge in [0.05, 0.1) is 16.6 Å². The van der Waals surface area contributed by atoms with Crippen LogP contribution in [0.5, 0.6) is 0 Å². The topological polar surface area (TPSA) is 49.7 Å². The van der Waals surface area contributed by atoms with Gasteiger partial charge >= 0.3 is 0 Å². The molecule has 0 N–H and O–H groups in total. The van der Waals surface area contributed by atoms with Gasteiger partial charge in [0.1, 0.15) is 11.0 Å². The van der Waals surface area contributed by atoms with Crippen LogP contribution in [-0.4, -0.2) is 26.2 Å². The van der Waals surface area contributed by atoms with Crippen molar-refractivity contribution < 1.29 is 12.8 Å². The van der Waals surface area contributed by atoms with Crippen molar-refractivity contribution in [1.29, 1.82) is 0 Å². The highest BCUT2D eigenvalue weighted by molar-refractivity contribution is 7.96. The van der Waals surface area contributed by atoms with Crippen LogP contribution in [0, 0.1) is 11.7 Å². The van der Waals surface area contributed by atoms with Gasteiger partial charge in [-0.25, -0.2) is 12.8 Å². The van der Waals surface area contributed by atoms with E-state index in [1.165, 1.54) is 28.6 Å². The second-order valence-corrected chi connectivity index (χ2v) is 8.20. The molecule has 1 heterocycles. The molecule has 2 rings (SSSR count). The standard InChI is InChI=1S/C16H20ClFN2O2S/c1-11(2)10-20(14-6-4-13(18)5-7-14)23(21,22)15-8-9-16(17)19-12(15)3/h4-8,11-12H,9-10H2,1-3H3. The summed E-state index contributed by atoms with van der Waals surface area (Å²) in [5, 5.41) is 0.397. The van der Waals surface area contributed by atoms with Crippen molar-refractivity contribution in [3.05, 3.63) is 41.1 Å². The number of anilines is 1. The first-order valence-corrected chi connectivity index (χ1v) is 9.24. The zero-order valence-corrected chi connectivity index (χ0v) is 14.9.